The summed E-state index contributed by atoms with van der Waals surface area (Å²) in [5.41, 5.74) is -14.7. The molecule has 2 nitrogen and oxygen atoms in total. The van der Waals surface area contributed by atoms with Crippen LogP contribution < -0.4 is 4.90 Å². The van der Waals surface area contributed by atoms with Crippen LogP contribution in [0.3, 0.4) is 0 Å². The molecule has 7 aromatic carbocycles. The van der Waals surface area contributed by atoms with Crippen LogP contribution in [0.5, 0.6) is 0 Å². The molecule has 0 radical (unpaired) electrons. The van der Waals surface area contributed by atoms with E-state index in [4.69, 9.17) is 33.2 Å². The molecule has 0 spiro atoms. The first kappa shape index (κ1) is 9.45. The minimum absolute atomic E-state index is 0.308. The maximum absolute atomic E-state index is 10.1. The van der Waals surface area contributed by atoms with E-state index in [1.165, 1.54) is 0 Å². The Morgan fingerprint density at radius 2 is 1.24 bits per heavy atom. The number of hydrogen-bond donors (Lipinski definition) is 0. The molecule has 0 saturated carbocycles. The fourth-order valence-electron chi connectivity index (χ4n) is 5.29. The minimum Gasteiger partial charge on any atom is -0.455 e. The molecular formula is C43H31NO. The molecule has 45 heavy (non-hydrogen) atoms. The highest BCUT2D eigenvalue weighted by Gasteiger charge is 2.35. The molecule has 0 N–H and O–H groups in total. The van der Waals surface area contributed by atoms with Crippen LogP contribution in [-0.4, -0.2) is 0 Å². The molecule has 0 atom stereocenters. The van der Waals surface area contributed by atoms with Gasteiger partial charge in [0.25, 0.3) is 0 Å². The third-order valence-corrected chi connectivity index (χ3v) is 7.25. The summed E-state index contributed by atoms with van der Waals surface area (Å²) >= 11 is 0. The normalized spacial score (nSPS) is 23.6. The zero-order valence-corrected chi connectivity index (χ0v) is 22.4. The largest absolute Gasteiger partial charge is 0.455 e. The van der Waals surface area contributed by atoms with E-state index in [1.54, 1.807) is 0 Å². The predicted octanol–water partition coefficient (Wildman–Crippen LogP) is 12.2. The third-order valence-electron chi connectivity index (χ3n) is 7.25. The van der Waals surface area contributed by atoms with Crippen molar-refractivity contribution in [2.24, 2.45) is 0 Å². The predicted molar refractivity (Wildman–Crippen MR) is 189 cm³/mol. The van der Waals surface area contributed by atoms with Crippen molar-refractivity contribution in [1.82, 2.24) is 0 Å². The van der Waals surface area contributed by atoms with Gasteiger partial charge in [-0.05, 0) is 75.7 Å². The molecule has 0 fully saturated rings. The van der Waals surface area contributed by atoms with Crippen molar-refractivity contribution in [2.45, 2.75) is 19.1 Å². The Kier molecular flexibility index (Phi) is 2.04. The van der Waals surface area contributed by atoms with E-state index in [1.807, 2.05) is 0 Å². The van der Waals surface area contributed by atoms with Gasteiger partial charge in [-0.25, -0.2) is 0 Å². The first-order valence-electron chi connectivity index (χ1n) is 28.6. The lowest BCUT2D eigenvalue weighted by atomic mass is 9.82. The molecule has 9 rings (SSSR count). The Bertz CT molecular complexity index is 3970. The van der Waals surface area contributed by atoms with Gasteiger partial charge in [-0.3, -0.25) is 0 Å². The maximum Gasteiger partial charge on any atom is 0.143 e. The van der Waals surface area contributed by atoms with Crippen LogP contribution in [0.25, 0.3) is 55.0 Å². The molecule has 1 aromatic heterocycles. The molecule has 1 aliphatic carbocycles. The van der Waals surface area contributed by atoms with Crippen LogP contribution in [0.15, 0.2) is 155 Å². The Morgan fingerprint density at radius 1 is 0.533 bits per heavy atom. The van der Waals surface area contributed by atoms with Gasteiger partial charge in [-0.2, -0.15) is 0 Å². The summed E-state index contributed by atoms with van der Waals surface area (Å²) in [6, 6.07) is -27.4. The molecule has 0 saturated heterocycles. The summed E-state index contributed by atoms with van der Waals surface area (Å²) < 4.78 is 284. The lowest BCUT2D eigenvalue weighted by Gasteiger charge is -2.29. The Labute approximate surface area is 306 Å². The van der Waals surface area contributed by atoms with E-state index < -0.39 is 253 Å². The minimum atomic E-state index is -3.98. The number of furan rings is 1. The lowest BCUT2D eigenvalue weighted by Crippen LogP contribution is -2.16. The van der Waals surface area contributed by atoms with Crippen molar-refractivity contribution >= 4 is 49.8 Å². The van der Waals surface area contributed by atoms with Crippen molar-refractivity contribution in [3.05, 3.63) is 162 Å². The number of para-hydroxylation sites is 1. The number of fused-ring (bicyclic) bond motifs is 8. The topological polar surface area (TPSA) is 16.4 Å². The van der Waals surface area contributed by atoms with Gasteiger partial charge in [0.05, 0.1) is 40.0 Å². The van der Waals surface area contributed by atoms with E-state index >= 15 is 0 Å². The quantitative estimate of drug-likeness (QED) is 0.198. The lowest BCUT2D eigenvalue weighted by molar-refractivity contribution is 0.660. The van der Waals surface area contributed by atoms with Gasteiger partial charge >= 0.3 is 0 Å². The molecule has 0 unspecified atom stereocenters. The molecule has 8 aromatic rings. The van der Waals surface area contributed by atoms with E-state index in [0.717, 1.165) is 0 Å². The van der Waals surface area contributed by atoms with Crippen LogP contribution in [0.1, 0.15) is 67.3 Å². The highest BCUT2D eigenvalue weighted by molar-refractivity contribution is 6.20. The van der Waals surface area contributed by atoms with Crippen molar-refractivity contribution < 1.29 is 46.9 Å². The van der Waals surface area contributed by atoms with Gasteiger partial charge in [0.15, 0.2) is 0 Å². The Morgan fingerprint density at radius 3 is 2.07 bits per heavy atom. The zero-order chi connectivity index (χ0) is 56.9. The smallest absolute Gasteiger partial charge is 0.143 e. The molecule has 1 heterocycles. The first-order chi connectivity index (χ1) is 35.0. The summed E-state index contributed by atoms with van der Waals surface area (Å²) in [6.07, 6.45) is 0. The van der Waals surface area contributed by atoms with Gasteiger partial charge < -0.3 is 9.32 Å². The maximum atomic E-state index is 10.1. The molecule has 2 heteroatoms. The first-order valence-corrected chi connectivity index (χ1v) is 13.1. The monoisotopic (exact) mass is 608 g/mol. The molecular weight excluding hydrogens is 546 g/mol. The molecule has 1 aliphatic rings. The number of benzene rings is 7. The summed E-state index contributed by atoms with van der Waals surface area (Å²) in [5.74, 6) is 0. The third kappa shape index (κ3) is 3.89. The highest BCUT2D eigenvalue weighted by atomic mass is 16.3. The summed E-state index contributed by atoms with van der Waals surface area (Å²) in [5, 5.41) is -3.19. The van der Waals surface area contributed by atoms with Gasteiger partial charge in [0, 0.05) is 46.6 Å². The molecule has 0 amide bonds. The molecule has 0 bridgehead atoms. The van der Waals surface area contributed by atoms with E-state index in [0.29, 0.717) is 4.90 Å². The number of rotatable bonds is 4. The van der Waals surface area contributed by atoms with Gasteiger partial charge in [-0.1, -0.05) is 122 Å². The number of nitrogens with zero attached hydrogens (tertiary/aromatic N) is 1. The van der Waals surface area contributed by atoms with Crippen molar-refractivity contribution in [3.8, 4) is 22.3 Å². The standard InChI is InChI=1S/C43H31NO/c1-43(2)38-20-12-11-17-32(38)33-24-22-31(26-39(33)43)44(30-15-7-4-8-16-30)40-27-37-35-23-21-29(28-13-5-3-6-14-28)25-41(35)45-42(37)36-19-10-9-18-34(36)40/h3-27H,1-2H3/i1D3,2D3,3D,4D,5D,6D,7D,8D,9D,10D,11D,12D,13D,14D,15D,16D,17D,18D,19D,20D,21D,22D,23D,24D,25D,26D,27D. The summed E-state index contributed by atoms with van der Waals surface area (Å²) in [6.45, 7) is -7.97. The fourth-order valence-corrected chi connectivity index (χ4v) is 5.29. The second-order valence-electron chi connectivity index (χ2n) is 9.77. The summed E-state index contributed by atoms with van der Waals surface area (Å²) in [7, 11) is 0. The van der Waals surface area contributed by atoms with Crippen molar-refractivity contribution in [2.75, 3.05) is 4.90 Å². The van der Waals surface area contributed by atoms with E-state index in [-0.39, 0.29) is 0 Å². The van der Waals surface area contributed by atoms with Crippen molar-refractivity contribution in [3.63, 3.8) is 0 Å². The number of anilines is 3. The molecule has 0 aliphatic heterocycles. The average Bonchev–Trinajstić information content (AvgIpc) is 4.04. The van der Waals surface area contributed by atoms with E-state index in [2.05, 4.69) is 0 Å². The fraction of sp³-hybridized carbons (Fsp3) is 0.0698. The van der Waals surface area contributed by atoms with Crippen LogP contribution in [0.2, 0.25) is 0 Å². The SMILES string of the molecule is [2H]c1c([2H])c([2H])c(-c2c([2H])c([2H])c3c(oc4c5c([2H])c([2H])c([2H])c([2H])c5c(N(c5c([2H])c([2H])c([2H])c([2H])c5[2H])c5c([2H])c([2H])c6c(c5[2H])C(C([2H])([2H])[2H])(C([2H])([2H])[2H])c5c([2H])c([2H])c([2H])c([2H])c5-6)c([2H])c43)c2[2H])c([2H])c1[2H]. The van der Waals surface area contributed by atoms with Crippen LogP contribution >= 0.6 is 0 Å². The van der Waals surface area contributed by atoms with Crippen molar-refractivity contribution in [1.29, 1.82) is 0 Å². The Balaban J connectivity index is 1.60. The van der Waals surface area contributed by atoms with Crippen LogP contribution in [-0.2, 0) is 5.41 Å². The highest BCUT2D eigenvalue weighted by Crippen LogP contribution is 2.51. The van der Waals surface area contributed by atoms with Gasteiger partial charge in [0.2, 0.25) is 0 Å². The second kappa shape index (κ2) is 9.70. The van der Waals surface area contributed by atoms with E-state index in [9.17, 15) is 13.7 Å². The van der Waals surface area contributed by atoms with Crippen LogP contribution in [0.4, 0.5) is 17.1 Å². The van der Waals surface area contributed by atoms with Gasteiger partial charge in [0.1, 0.15) is 11.2 Å². The zero-order valence-electron chi connectivity index (χ0n) is 53.4. The average molecular weight is 609 g/mol. The molecule has 214 valence electrons. The van der Waals surface area contributed by atoms with Crippen LogP contribution in [0, 0.1) is 0 Å². The second-order valence-corrected chi connectivity index (χ2v) is 9.77. The summed E-state index contributed by atoms with van der Waals surface area (Å²) in [4.78, 5) is 0.308. The van der Waals surface area contributed by atoms with Gasteiger partial charge in [-0.15, -0.1) is 0 Å². The Hall–Kier alpha value is -5.60. The number of hydrogen-bond acceptors (Lipinski definition) is 2.